The lowest BCUT2D eigenvalue weighted by Crippen LogP contribution is -2.34. The van der Waals surface area contributed by atoms with Crippen molar-refractivity contribution in [2.45, 2.75) is 30.9 Å². The van der Waals surface area contributed by atoms with E-state index < -0.39 is 23.7 Å². The molecule has 138 valence electrons. The van der Waals surface area contributed by atoms with Gasteiger partial charge in [0, 0.05) is 5.56 Å². The zero-order valence-electron chi connectivity index (χ0n) is 14.0. The van der Waals surface area contributed by atoms with Crippen LogP contribution in [0.5, 0.6) is 0 Å². The van der Waals surface area contributed by atoms with E-state index in [-0.39, 0.29) is 0 Å². The Labute approximate surface area is 146 Å². The number of hydrogen-bond donors (Lipinski definition) is 0. The summed E-state index contributed by atoms with van der Waals surface area (Å²) in [5, 5.41) is 1.42. The average Bonchev–Trinajstić information content (AvgIpc) is 2.36. The van der Waals surface area contributed by atoms with Crippen LogP contribution < -0.4 is 0 Å². The van der Waals surface area contributed by atoms with Gasteiger partial charge in [-0.15, -0.1) is 0 Å². The van der Waals surface area contributed by atoms with Crippen molar-refractivity contribution < 1.29 is 26.1 Å². The summed E-state index contributed by atoms with van der Waals surface area (Å²) < 4.78 is 58.9. The summed E-state index contributed by atoms with van der Waals surface area (Å²) in [5.41, 5.74) is -4.17. The van der Waals surface area contributed by atoms with Gasteiger partial charge in [-0.25, -0.2) is 8.42 Å². The normalized spacial score (nSPS) is 13.6. The smallest absolute Gasteiger partial charge is 0.485 e. The highest BCUT2D eigenvalue weighted by Gasteiger charge is 2.36. The molecule has 1 aromatic rings. The molecule has 1 unspecified atom stereocenters. The Morgan fingerprint density at radius 2 is 1.67 bits per heavy atom. The van der Waals surface area contributed by atoms with E-state index >= 15 is 0 Å². The first-order valence-corrected chi connectivity index (χ1v) is 13.9. The van der Waals surface area contributed by atoms with E-state index in [1.807, 2.05) is 0 Å². The molecule has 0 aliphatic heterocycles. The molecule has 0 spiro atoms. The molecule has 0 bridgehead atoms. The van der Waals surface area contributed by atoms with Crippen molar-refractivity contribution in [2.75, 3.05) is 11.1 Å². The molecule has 0 radical (unpaired) electrons. The van der Waals surface area contributed by atoms with Crippen LogP contribution in [-0.4, -0.2) is 37.7 Å². The van der Waals surface area contributed by atoms with Gasteiger partial charge >= 0.3 is 5.51 Å². The summed E-state index contributed by atoms with van der Waals surface area (Å²) >= 11 is 0. The molecule has 0 heterocycles. The molecule has 0 aliphatic rings. The SMILES string of the molecule is C=CC[S+](Cc1ccccc1)C[Si](C)(C)C.O=S(=O)([O-])C(F)(F)F. The molecule has 1 atom stereocenters. The topological polar surface area (TPSA) is 57.2 Å². The third kappa shape index (κ3) is 10.9. The fourth-order valence-electron chi connectivity index (χ4n) is 1.76. The predicted octanol–water partition coefficient (Wildman–Crippen LogP) is 3.92. The van der Waals surface area contributed by atoms with Gasteiger partial charge in [-0.05, 0) is 17.0 Å². The molecular weight excluding hydrogens is 377 g/mol. The highest BCUT2D eigenvalue weighted by atomic mass is 32.2. The number of benzene rings is 1. The maximum absolute atomic E-state index is 10.7. The molecule has 0 aromatic heterocycles. The van der Waals surface area contributed by atoms with Crippen molar-refractivity contribution in [1.82, 2.24) is 0 Å². The highest BCUT2D eigenvalue weighted by molar-refractivity contribution is 7.97. The van der Waals surface area contributed by atoms with Gasteiger partial charge in [0.25, 0.3) is 0 Å². The lowest BCUT2D eigenvalue weighted by Gasteiger charge is -2.16. The maximum atomic E-state index is 10.7. The van der Waals surface area contributed by atoms with Crippen LogP contribution in [0.25, 0.3) is 0 Å². The Morgan fingerprint density at radius 1 is 1.21 bits per heavy atom. The van der Waals surface area contributed by atoms with Crippen LogP contribution in [0.3, 0.4) is 0 Å². The van der Waals surface area contributed by atoms with Gasteiger partial charge in [-0.2, -0.15) is 13.2 Å². The minimum Gasteiger partial charge on any atom is -0.741 e. The van der Waals surface area contributed by atoms with Crippen LogP contribution >= 0.6 is 0 Å². The zero-order chi connectivity index (χ0) is 19.0. The Hall–Kier alpha value is -0.773. The molecule has 0 N–H and O–H groups in total. The quantitative estimate of drug-likeness (QED) is 0.239. The van der Waals surface area contributed by atoms with E-state index in [1.165, 1.54) is 22.4 Å². The summed E-state index contributed by atoms with van der Waals surface area (Å²) in [4.78, 5) is 0. The van der Waals surface area contributed by atoms with E-state index in [2.05, 4.69) is 62.6 Å². The standard InChI is InChI=1S/C14H23SSi.CHF3O3S/c1-5-11-15(13-16(2,3)4)12-14-9-7-6-8-10-14;2-1(3,4)8(5,6)7/h5-10H,1,11-13H2,2-4H3;(H,5,6,7)/q+1;/p-1. The van der Waals surface area contributed by atoms with E-state index in [0.717, 1.165) is 0 Å². The fourth-order valence-corrected chi connectivity index (χ4v) is 8.65. The number of alkyl halides is 3. The molecule has 24 heavy (non-hydrogen) atoms. The van der Waals surface area contributed by atoms with Crippen LogP contribution in [0, 0.1) is 0 Å². The third-order valence-corrected chi connectivity index (χ3v) is 9.60. The number of halogens is 3. The largest absolute Gasteiger partial charge is 0.741 e. The second-order valence-electron chi connectivity index (χ2n) is 6.30. The second kappa shape index (κ2) is 9.64. The van der Waals surface area contributed by atoms with Crippen LogP contribution in [0.2, 0.25) is 19.6 Å². The first-order valence-electron chi connectivity index (χ1n) is 7.07. The van der Waals surface area contributed by atoms with Crippen molar-refractivity contribution in [3.05, 3.63) is 48.6 Å². The van der Waals surface area contributed by atoms with Gasteiger partial charge in [0.15, 0.2) is 10.1 Å². The monoisotopic (exact) mass is 400 g/mol. The average molecular weight is 401 g/mol. The molecule has 1 rings (SSSR count). The van der Waals surface area contributed by atoms with Crippen molar-refractivity contribution in [3.8, 4) is 0 Å². The summed E-state index contributed by atoms with van der Waals surface area (Å²) in [6.07, 6.45) is 2.09. The fraction of sp³-hybridized carbons (Fsp3) is 0.467. The van der Waals surface area contributed by atoms with Crippen LogP contribution in [0.1, 0.15) is 5.56 Å². The second-order valence-corrected chi connectivity index (χ2v) is 15.8. The van der Waals surface area contributed by atoms with Crippen LogP contribution in [0.15, 0.2) is 43.0 Å². The lowest BCUT2D eigenvalue weighted by atomic mass is 10.2. The van der Waals surface area contributed by atoms with Crippen molar-refractivity contribution in [1.29, 1.82) is 0 Å². The summed E-state index contributed by atoms with van der Waals surface area (Å²) in [6.45, 7) is 11.3. The lowest BCUT2D eigenvalue weighted by molar-refractivity contribution is -0.0517. The van der Waals surface area contributed by atoms with E-state index in [1.54, 1.807) is 0 Å². The molecule has 0 amide bonds. The predicted molar refractivity (Wildman–Crippen MR) is 96.5 cm³/mol. The van der Waals surface area contributed by atoms with Gasteiger partial charge < -0.3 is 4.55 Å². The molecule has 9 heteroatoms. The molecular formula is C15H23F3O3S2Si. The van der Waals surface area contributed by atoms with Crippen LogP contribution in [0.4, 0.5) is 13.2 Å². The Morgan fingerprint density at radius 3 is 2.00 bits per heavy atom. The maximum Gasteiger partial charge on any atom is 0.485 e. The van der Waals surface area contributed by atoms with Crippen molar-refractivity contribution in [2.24, 2.45) is 0 Å². The van der Waals surface area contributed by atoms with Gasteiger partial charge in [0.2, 0.25) is 0 Å². The summed E-state index contributed by atoms with van der Waals surface area (Å²) in [5.74, 6) is 2.41. The molecule has 0 aliphatic carbocycles. The first kappa shape index (κ1) is 23.2. The zero-order valence-corrected chi connectivity index (χ0v) is 16.6. The molecule has 0 saturated heterocycles. The Bertz CT molecular complexity index is 597. The summed E-state index contributed by atoms with van der Waals surface area (Å²) in [7, 11) is -6.54. The first-order chi connectivity index (χ1) is 10.8. The molecule has 3 nitrogen and oxygen atoms in total. The Balaban J connectivity index is 0.000000561. The molecule has 0 saturated carbocycles. The van der Waals surface area contributed by atoms with Gasteiger partial charge in [0.05, 0.1) is 5.38 Å². The molecule has 0 fully saturated rings. The molecule has 1 aromatic carbocycles. The number of rotatable bonds is 6. The van der Waals surface area contributed by atoms with Gasteiger partial charge in [0.1, 0.15) is 19.6 Å². The number of hydrogen-bond acceptors (Lipinski definition) is 3. The van der Waals surface area contributed by atoms with Crippen molar-refractivity contribution >= 4 is 29.1 Å². The van der Waals surface area contributed by atoms with E-state index in [4.69, 9.17) is 13.0 Å². The minimum atomic E-state index is -6.09. The third-order valence-electron chi connectivity index (χ3n) is 2.49. The van der Waals surface area contributed by atoms with Gasteiger partial charge in [-0.3, -0.25) is 0 Å². The van der Waals surface area contributed by atoms with Crippen molar-refractivity contribution in [3.63, 3.8) is 0 Å². The van der Waals surface area contributed by atoms with E-state index in [9.17, 15) is 13.2 Å². The van der Waals surface area contributed by atoms with Crippen LogP contribution in [-0.2, 0) is 26.8 Å². The Kier molecular flexibility index (Phi) is 9.33. The highest BCUT2D eigenvalue weighted by Crippen LogP contribution is 2.20. The minimum absolute atomic E-state index is 0.499. The van der Waals surface area contributed by atoms with Gasteiger partial charge in [-0.1, -0.05) is 56.6 Å². The summed E-state index contributed by atoms with van der Waals surface area (Å²) in [6, 6.07) is 10.9. The van der Waals surface area contributed by atoms with E-state index in [0.29, 0.717) is 10.9 Å².